The van der Waals surface area contributed by atoms with Crippen LogP contribution in [0.15, 0.2) is 0 Å². The third-order valence-corrected chi connectivity index (χ3v) is 0.348. The van der Waals surface area contributed by atoms with E-state index in [4.69, 9.17) is 0 Å². The Bertz CT molecular complexity index is 61.8. The molecule has 0 amide bonds. The Labute approximate surface area is 57.2 Å². The zero-order valence-corrected chi connectivity index (χ0v) is 6.52. The van der Waals surface area contributed by atoms with Crippen LogP contribution in [0.2, 0.25) is 0 Å². The predicted octanol–water partition coefficient (Wildman–Crippen LogP) is 1.71. The van der Waals surface area contributed by atoms with E-state index < -0.39 is 0 Å². The van der Waals surface area contributed by atoms with Crippen LogP contribution in [-0.4, -0.2) is 12.1 Å². The maximum Gasteiger partial charge on any atom is 0.418 e. The Morgan fingerprint density at radius 1 is 1.33 bits per heavy atom. The van der Waals surface area contributed by atoms with Gasteiger partial charge in [0.15, 0.2) is 0 Å². The summed E-state index contributed by atoms with van der Waals surface area (Å²) >= 11 is 0. The Morgan fingerprint density at radius 3 is 1.67 bits per heavy atom. The topological polar surface area (TPSA) is 26.3 Å². The molecule has 0 aromatic rings. The molecule has 2 nitrogen and oxygen atoms in total. The largest absolute Gasteiger partial charge is 0.452 e. The van der Waals surface area contributed by atoms with Gasteiger partial charge in [0.25, 0.3) is 0 Å². The third kappa shape index (κ3) is 18.6. The van der Waals surface area contributed by atoms with Crippen LogP contribution in [0.1, 0.15) is 27.7 Å². The molecule has 0 aliphatic carbocycles. The molecule has 0 atom stereocenters. The Hall–Kier alpha value is -0.530. The van der Waals surface area contributed by atoms with E-state index in [1.807, 2.05) is 0 Å². The molecular weight excluding hydrogens is 116 g/mol. The molecule has 0 heterocycles. The first kappa shape index (κ1) is 11.3. The molecule has 0 aromatic heterocycles. The van der Waals surface area contributed by atoms with Crippen molar-refractivity contribution in [2.75, 3.05) is 0 Å². The van der Waals surface area contributed by atoms with Gasteiger partial charge in [-0.15, -0.1) is 0 Å². The minimum atomic E-state index is -0.373. The van der Waals surface area contributed by atoms with Crippen LogP contribution >= 0.6 is 0 Å². The summed E-state index contributed by atoms with van der Waals surface area (Å²) in [5.74, 6) is 0. The van der Waals surface area contributed by atoms with Gasteiger partial charge in [-0.25, -0.2) is 4.79 Å². The molecule has 0 aromatic carbocycles. The summed E-state index contributed by atoms with van der Waals surface area (Å²) in [6.45, 7) is 11.7. The fourth-order valence-corrected chi connectivity index (χ4v) is 0.125. The first-order valence-corrected chi connectivity index (χ1v) is 2.82. The third-order valence-electron chi connectivity index (χ3n) is 0.348. The van der Waals surface area contributed by atoms with Crippen molar-refractivity contribution in [3.8, 4) is 0 Å². The van der Waals surface area contributed by atoms with E-state index in [2.05, 4.69) is 11.7 Å². The quantitative estimate of drug-likeness (QED) is 0.540. The summed E-state index contributed by atoms with van der Waals surface area (Å²) in [6, 6.07) is 0. The first-order valence-electron chi connectivity index (χ1n) is 2.82. The lowest BCUT2D eigenvalue weighted by Crippen LogP contribution is -2.17. The molecule has 0 spiro atoms. The van der Waals surface area contributed by atoms with Crippen molar-refractivity contribution in [2.24, 2.45) is 0 Å². The Balaban J connectivity index is 0. The molecule has 2 radical (unpaired) electrons. The van der Waals surface area contributed by atoms with Gasteiger partial charge in [-0.3, -0.25) is 0 Å². The monoisotopic (exact) mass is 130 g/mol. The zero-order chi connectivity index (χ0) is 7.91. The average molecular weight is 130 g/mol. The standard InChI is InChI=1S/C5H9O2.C2H5/c1-5(2,3)7-4-6;1-2/h1-3H3;1H2,2H3. The van der Waals surface area contributed by atoms with E-state index in [1.165, 1.54) is 6.47 Å². The second kappa shape index (κ2) is 5.60. The van der Waals surface area contributed by atoms with Crippen LogP contribution in [0.25, 0.3) is 0 Å². The molecule has 9 heavy (non-hydrogen) atoms. The number of hydrogen-bond acceptors (Lipinski definition) is 2. The van der Waals surface area contributed by atoms with Crippen molar-refractivity contribution in [1.29, 1.82) is 0 Å². The second-order valence-electron chi connectivity index (χ2n) is 2.30. The van der Waals surface area contributed by atoms with Gasteiger partial charge < -0.3 is 4.74 Å². The molecule has 0 N–H and O–H groups in total. The fourth-order valence-electron chi connectivity index (χ4n) is 0.125. The smallest absolute Gasteiger partial charge is 0.418 e. The Morgan fingerprint density at radius 2 is 1.67 bits per heavy atom. The lowest BCUT2D eigenvalue weighted by molar-refractivity contribution is 0.109. The van der Waals surface area contributed by atoms with Crippen molar-refractivity contribution >= 4 is 6.47 Å². The summed E-state index contributed by atoms with van der Waals surface area (Å²) in [7, 11) is 0. The van der Waals surface area contributed by atoms with Crippen molar-refractivity contribution in [2.45, 2.75) is 33.3 Å². The van der Waals surface area contributed by atoms with Gasteiger partial charge in [0, 0.05) is 0 Å². The number of carbonyl (C=O) groups excluding carboxylic acids is 1. The molecule has 0 saturated carbocycles. The second-order valence-corrected chi connectivity index (χ2v) is 2.30. The van der Waals surface area contributed by atoms with Crippen LogP contribution in [0.4, 0.5) is 0 Å². The SMILES string of the molecule is CC(C)(C)O[C]=O.[CH2]C. The van der Waals surface area contributed by atoms with Gasteiger partial charge in [0.1, 0.15) is 5.60 Å². The average Bonchev–Trinajstić information content (AvgIpc) is 1.69. The maximum absolute atomic E-state index is 9.47. The van der Waals surface area contributed by atoms with E-state index in [0.29, 0.717) is 0 Å². The highest BCUT2D eigenvalue weighted by molar-refractivity contribution is 5.39. The molecule has 0 aliphatic heterocycles. The molecule has 54 valence electrons. The van der Waals surface area contributed by atoms with Gasteiger partial charge in [-0.05, 0) is 20.8 Å². The molecule has 0 unspecified atom stereocenters. The summed E-state index contributed by atoms with van der Waals surface area (Å²) in [4.78, 5) is 9.47. The van der Waals surface area contributed by atoms with Crippen molar-refractivity contribution in [3.63, 3.8) is 0 Å². The normalized spacial score (nSPS) is 9.00. The maximum atomic E-state index is 9.47. The molecule has 0 rings (SSSR count). The zero-order valence-electron chi connectivity index (χ0n) is 6.52. The van der Waals surface area contributed by atoms with Crippen molar-refractivity contribution in [3.05, 3.63) is 6.92 Å². The summed E-state index contributed by atoms with van der Waals surface area (Å²) in [5, 5.41) is 0. The molecule has 0 saturated heterocycles. The van der Waals surface area contributed by atoms with Crippen molar-refractivity contribution in [1.82, 2.24) is 0 Å². The van der Waals surface area contributed by atoms with E-state index in [-0.39, 0.29) is 5.60 Å². The first-order chi connectivity index (χ1) is 4.06. The highest BCUT2D eigenvalue weighted by Gasteiger charge is 2.08. The highest BCUT2D eigenvalue weighted by Crippen LogP contribution is 2.02. The molecular formula is C7H14O2. The Kier molecular flexibility index (Phi) is 7.03. The minimum absolute atomic E-state index is 0.373. The number of rotatable bonds is 1. The van der Waals surface area contributed by atoms with Gasteiger partial charge in [0.2, 0.25) is 0 Å². The number of ether oxygens (including phenoxy) is 1. The van der Waals surface area contributed by atoms with E-state index in [9.17, 15) is 4.79 Å². The van der Waals surface area contributed by atoms with E-state index in [1.54, 1.807) is 27.7 Å². The molecule has 0 bridgehead atoms. The highest BCUT2D eigenvalue weighted by atomic mass is 16.5. The summed E-state index contributed by atoms with van der Waals surface area (Å²) < 4.78 is 4.42. The van der Waals surface area contributed by atoms with Crippen LogP contribution in [0.5, 0.6) is 0 Å². The van der Waals surface area contributed by atoms with Gasteiger partial charge in [-0.1, -0.05) is 13.8 Å². The van der Waals surface area contributed by atoms with Crippen molar-refractivity contribution < 1.29 is 9.53 Å². The van der Waals surface area contributed by atoms with Crippen LogP contribution in [0, 0.1) is 6.92 Å². The van der Waals surface area contributed by atoms with E-state index in [0.717, 1.165) is 0 Å². The molecule has 0 fully saturated rings. The van der Waals surface area contributed by atoms with E-state index >= 15 is 0 Å². The lowest BCUT2D eigenvalue weighted by atomic mass is 10.2. The molecule has 2 heteroatoms. The van der Waals surface area contributed by atoms with Crippen LogP contribution < -0.4 is 0 Å². The minimum Gasteiger partial charge on any atom is -0.452 e. The fraction of sp³-hybridized carbons (Fsp3) is 0.714. The lowest BCUT2D eigenvalue weighted by Gasteiger charge is -2.13. The van der Waals surface area contributed by atoms with Gasteiger partial charge >= 0.3 is 6.47 Å². The van der Waals surface area contributed by atoms with Gasteiger partial charge in [0.05, 0.1) is 0 Å². The predicted molar refractivity (Wildman–Crippen MR) is 37.6 cm³/mol. The van der Waals surface area contributed by atoms with Crippen LogP contribution in [-0.2, 0) is 9.53 Å². The van der Waals surface area contributed by atoms with Crippen LogP contribution in [0.3, 0.4) is 0 Å². The number of hydrogen-bond donors (Lipinski definition) is 0. The summed E-state index contributed by atoms with van der Waals surface area (Å²) in [5.41, 5.74) is -0.373. The van der Waals surface area contributed by atoms with Gasteiger partial charge in [-0.2, -0.15) is 0 Å². The molecule has 0 aliphatic rings. The summed E-state index contributed by atoms with van der Waals surface area (Å²) in [6.07, 6.45) is 0.